The Morgan fingerprint density at radius 3 is 2.42 bits per heavy atom. The van der Waals surface area contributed by atoms with E-state index in [-0.39, 0.29) is 37.8 Å². The van der Waals surface area contributed by atoms with Crippen molar-refractivity contribution in [2.45, 2.75) is 44.9 Å². The molecule has 0 radical (unpaired) electrons. The van der Waals surface area contributed by atoms with E-state index in [1.807, 2.05) is 6.92 Å². The molecule has 0 saturated heterocycles. The minimum absolute atomic E-state index is 0.0119. The summed E-state index contributed by atoms with van der Waals surface area (Å²) in [6.07, 6.45) is -1.72. The van der Waals surface area contributed by atoms with Crippen molar-refractivity contribution in [3.05, 3.63) is 68.8 Å². The highest BCUT2D eigenvalue weighted by Gasteiger charge is 2.62. The third-order valence-corrected chi connectivity index (χ3v) is 5.47. The maximum Gasteiger partial charge on any atom is 0.435 e. The van der Waals surface area contributed by atoms with E-state index in [1.165, 1.54) is 23.2 Å². The fourth-order valence-electron chi connectivity index (χ4n) is 3.21. The van der Waals surface area contributed by atoms with Crippen molar-refractivity contribution in [3.8, 4) is 0 Å². The van der Waals surface area contributed by atoms with E-state index in [0.717, 1.165) is 12.1 Å². The summed E-state index contributed by atoms with van der Waals surface area (Å²) >= 11 is 18.1. The van der Waals surface area contributed by atoms with Crippen LogP contribution in [-0.4, -0.2) is 29.9 Å². The lowest BCUT2D eigenvalue weighted by atomic mass is 9.86. The summed E-state index contributed by atoms with van der Waals surface area (Å²) in [5, 5.41) is 5.46. The number of carbonyl (C=O) groups is 1. The zero-order valence-corrected chi connectivity index (χ0v) is 20.5. The number of hydrogen-bond donors (Lipinski definition) is 1. The first-order chi connectivity index (χ1) is 15.3. The number of amides is 1. The topological polar surface area (TPSA) is 53.9 Å². The van der Waals surface area contributed by atoms with E-state index < -0.39 is 18.2 Å². The van der Waals surface area contributed by atoms with Gasteiger partial charge in [-0.2, -0.15) is 13.2 Å². The van der Waals surface area contributed by atoms with Crippen LogP contribution >= 0.6 is 34.8 Å². The first kappa shape index (κ1) is 27.1. The highest BCUT2D eigenvalue weighted by Crippen LogP contribution is 2.49. The fourth-order valence-corrected chi connectivity index (χ4v) is 3.92. The van der Waals surface area contributed by atoms with Gasteiger partial charge in [-0.25, -0.2) is 0 Å². The van der Waals surface area contributed by atoms with Gasteiger partial charge in [0, 0.05) is 46.1 Å². The van der Waals surface area contributed by atoms with Crippen LogP contribution in [0.15, 0.2) is 58.4 Å². The Morgan fingerprint density at radius 1 is 1.33 bits per heavy atom. The lowest BCUT2D eigenvalue weighted by Gasteiger charge is -2.29. The lowest BCUT2D eigenvalue weighted by molar-refractivity contribution is -0.275. The van der Waals surface area contributed by atoms with Crippen LogP contribution in [0.1, 0.15) is 38.7 Å². The highest BCUT2D eigenvalue weighted by atomic mass is 35.5. The number of rotatable bonds is 8. The molecule has 1 atom stereocenters. The third kappa shape index (κ3) is 6.25. The quantitative estimate of drug-likeness (QED) is 0.298. The van der Waals surface area contributed by atoms with Gasteiger partial charge in [0.25, 0.3) is 5.60 Å². The molecular formula is C22H23Cl3F3N3O2. The number of carbonyl (C=O) groups excluding carboxylic acids is 1. The number of oxime groups is 1. The van der Waals surface area contributed by atoms with E-state index in [2.05, 4.69) is 17.2 Å². The molecule has 1 aromatic carbocycles. The van der Waals surface area contributed by atoms with Crippen LogP contribution < -0.4 is 5.43 Å². The number of allylic oxidation sites excluding steroid dienone is 4. The number of likely N-dealkylation sites (N-methyl/N-ethyl adjacent to an activating group) is 1. The van der Waals surface area contributed by atoms with Gasteiger partial charge >= 0.3 is 6.18 Å². The summed E-state index contributed by atoms with van der Waals surface area (Å²) in [4.78, 5) is 17.0. The molecule has 0 saturated carbocycles. The van der Waals surface area contributed by atoms with Crippen molar-refractivity contribution in [2.24, 2.45) is 5.16 Å². The summed E-state index contributed by atoms with van der Waals surface area (Å²) in [7, 11) is 1.56. The van der Waals surface area contributed by atoms with Crippen molar-refractivity contribution in [2.75, 3.05) is 7.05 Å². The zero-order valence-electron chi connectivity index (χ0n) is 18.2. The molecule has 1 amide bonds. The Kier molecular flexibility index (Phi) is 8.90. The van der Waals surface area contributed by atoms with Crippen molar-refractivity contribution in [1.82, 2.24) is 10.4 Å². The van der Waals surface area contributed by atoms with Gasteiger partial charge in [0.05, 0.1) is 11.4 Å². The molecule has 11 heteroatoms. The number of hydrogen-bond acceptors (Lipinski definition) is 4. The van der Waals surface area contributed by atoms with Crippen LogP contribution in [0.5, 0.6) is 0 Å². The van der Waals surface area contributed by atoms with Crippen LogP contribution in [0.2, 0.25) is 10.0 Å². The molecule has 180 valence electrons. The predicted octanol–water partition coefficient (Wildman–Crippen LogP) is 6.87. The highest BCUT2D eigenvalue weighted by molar-refractivity contribution is 6.34. The standard InChI is InChI=1S/C22H23Cl3F3N3O2/c1-5-7-20(32)29-31(4)19(13(3)23)8-14(6-2)18-12-21(33-30-18,22(26,27)28)15-9-16(24)11-17(25)10-15/h6,8-11H,2,5,7,12H2,1,3-4H3,(H,29,32)/b14-8+,19-13-. The van der Waals surface area contributed by atoms with Crippen LogP contribution in [0.3, 0.4) is 0 Å². The van der Waals surface area contributed by atoms with E-state index in [9.17, 15) is 18.0 Å². The predicted molar refractivity (Wildman–Crippen MR) is 125 cm³/mol. The van der Waals surface area contributed by atoms with Crippen LogP contribution in [-0.2, 0) is 15.2 Å². The van der Waals surface area contributed by atoms with E-state index in [0.29, 0.717) is 18.5 Å². The number of benzene rings is 1. The maximum absolute atomic E-state index is 14.2. The molecule has 2 rings (SSSR count). The average molecular weight is 525 g/mol. The van der Waals surface area contributed by atoms with Crippen molar-refractivity contribution < 1.29 is 22.8 Å². The molecule has 1 N–H and O–H groups in total. The van der Waals surface area contributed by atoms with Crippen LogP contribution in [0, 0.1) is 0 Å². The minimum atomic E-state index is -4.83. The molecule has 0 aliphatic carbocycles. The third-order valence-electron chi connectivity index (χ3n) is 4.84. The summed E-state index contributed by atoms with van der Waals surface area (Å²) < 4.78 is 42.7. The second-order valence-corrected chi connectivity index (χ2v) is 8.80. The van der Waals surface area contributed by atoms with Gasteiger partial charge in [-0.1, -0.05) is 59.5 Å². The number of alkyl halides is 3. The molecule has 33 heavy (non-hydrogen) atoms. The normalized spacial score (nSPS) is 19.4. The van der Waals surface area contributed by atoms with Gasteiger partial charge < -0.3 is 4.84 Å². The fraction of sp³-hybridized carbons (Fsp3) is 0.364. The van der Waals surface area contributed by atoms with Gasteiger partial charge in [-0.05, 0) is 37.6 Å². The van der Waals surface area contributed by atoms with Crippen molar-refractivity contribution in [1.29, 1.82) is 0 Å². The Hall–Kier alpha value is -2.16. The number of hydrazine groups is 1. The Bertz CT molecular complexity index is 998. The summed E-state index contributed by atoms with van der Waals surface area (Å²) in [6, 6.07) is 3.61. The lowest BCUT2D eigenvalue weighted by Crippen LogP contribution is -2.42. The Balaban J connectivity index is 2.44. The zero-order chi connectivity index (χ0) is 25.0. The van der Waals surface area contributed by atoms with E-state index in [4.69, 9.17) is 39.6 Å². The molecule has 0 spiro atoms. The van der Waals surface area contributed by atoms with Gasteiger partial charge in [0.2, 0.25) is 5.91 Å². The molecular weight excluding hydrogens is 502 g/mol. The summed E-state index contributed by atoms with van der Waals surface area (Å²) in [5.41, 5.74) is 0.168. The summed E-state index contributed by atoms with van der Waals surface area (Å²) in [5.74, 6) is -0.237. The Labute approximate surface area is 205 Å². The molecule has 0 bridgehead atoms. The molecule has 1 aliphatic heterocycles. The second-order valence-electron chi connectivity index (χ2n) is 7.36. The molecule has 5 nitrogen and oxygen atoms in total. The second kappa shape index (κ2) is 10.8. The SMILES string of the molecule is C=C/C(=C\C(=C(/C)Cl)N(C)NC(=O)CCC)C1=NOC(c2cc(Cl)cc(Cl)c2)(C(F)(F)F)C1. The summed E-state index contributed by atoms with van der Waals surface area (Å²) in [6.45, 7) is 7.12. The number of nitrogens with one attached hydrogen (secondary N) is 1. The van der Waals surface area contributed by atoms with E-state index >= 15 is 0 Å². The average Bonchev–Trinajstić information content (AvgIpc) is 3.14. The smallest absolute Gasteiger partial charge is 0.374 e. The number of halogens is 6. The molecule has 1 heterocycles. The monoisotopic (exact) mass is 523 g/mol. The van der Waals surface area contributed by atoms with Crippen LogP contribution in [0.4, 0.5) is 13.2 Å². The first-order valence-corrected chi connectivity index (χ1v) is 11.0. The number of nitrogens with zero attached hydrogens (tertiary/aromatic N) is 2. The first-order valence-electron chi connectivity index (χ1n) is 9.87. The largest absolute Gasteiger partial charge is 0.435 e. The maximum atomic E-state index is 14.2. The van der Waals surface area contributed by atoms with Gasteiger partial charge in [0.1, 0.15) is 0 Å². The Morgan fingerprint density at radius 2 is 1.94 bits per heavy atom. The molecule has 0 aromatic heterocycles. The van der Waals surface area contributed by atoms with Gasteiger partial charge in [-0.15, -0.1) is 0 Å². The van der Waals surface area contributed by atoms with Crippen LogP contribution in [0.25, 0.3) is 0 Å². The van der Waals surface area contributed by atoms with Crippen molar-refractivity contribution in [3.63, 3.8) is 0 Å². The molecule has 1 aliphatic rings. The molecule has 1 unspecified atom stereocenters. The van der Waals surface area contributed by atoms with E-state index in [1.54, 1.807) is 14.0 Å². The molecule has 0 fully saturated rings. The van der Waals surface area contributed by atoms with Gasteiger partial charge in [-0.3, -0.25) is 15.2 Å². The van der Waals surface area contributed by atoms with Crippen molar-refractivity contribution >= 4 is 46.4 Å². The molecule has 1 aromatic rings. The van der Waals surface area contributed by atoms with Gasteiger partial charge in [0.15, 0.2) is 0 Å². The minimum Gasteiger partial charge on any atom is -0.374 e.